The van der Waals surface area contributed by atoms with Gasteiger partial charge in [0.1, 0.15) is 6.29 Å². The van der Waals surface area contributed by atoms with Crippen molar-refractivity contribution in [3.05, 3.63) is 48.0 Å². The van der Waals surface area contributed by atoms with Gasteiger partial charge < -0.3 is 9.53 Å². The Hall–Kier alpha value is -1.90. The lowest BCUT2D eigenvalue weighted by atomic mass is 9.81. The van der Waals surface area contributed by atoms with E-state index >= 15 is 0 Å². The molecule has 0 aliphatic heterocycles. The van der Waals surface area contributed by atoms with E-state index in [1.165, 1.54) is 6.08 Å². The van der Waals surface area contributed by atoms with Gasteiger partial charge in [0.05, 0.1) is 12.0 Å². The van der Waals surface area contributed by atoms with Crippen molar-refractivity contribution < 1.29 is 14.3 Å². The molecule has 3 nitrogen and oxygen atoms in total. The number of rotatable bonds is 6. The third-order valence-electron chi connectivity index (χ3n) is 2.78. The first kappa shape index (κ1) is 14.2. The molecule has 1 aromatic carbocycles. The molecule has 96 valence electrons. The van der Waals surface area contributed by atoms with E-state index in [2.05, 4.69) is 0 Å². The molecule has 1 aromatic rings. The second-order valence-corrected chi connectivity index (χ2v) is 4.26. The van der Waals surface area contributed by atoms with Gasteiger partial charge in [0.15, 0.2) is 0 Å². The van der Waals surface area contributed by atoms with E-state index in [0.29, 0.717) is 13.0 Å². The fourth-order valence-corrected chi connectivity index (χ4v) is 1.64. The highest BCUT2D eigenvalue weighted by Gasteiger charge is 2.24. The van der Waals surface area contributed by atoms with Crippen molar-refractivity contribution in [2.24, 2.45) is 0 Å². The minimum absolute atomic E-state index is 0.354. The van der Waals surface area contributed by atoms with Gasteiger partial charge in [-0.05, 0) is 25.8 Å². The smallest absolute Gasteiger partial charge is 0.330 e. The molecule has 0 radical (unpaired) electrons. The summed E-state index contributed by atoms with van der Waals surface area (Å²) in [6.07, 6.45) is 4.44. The number of carbonyl (C=O) groups excluding carboxylic acids is 2. The number of hydrogen-bond donors (Lipinski definition) is 0. The Kier molecular flexibility index (Phi) is 5.31. The molecule has 0 aliphatic rings. The van der Waals surface area contributed by atoms with Gasteiger partial charge in [-0.2, -0.15) is 0 Å². The van der Waals surface area contributed by atoms with Crippen LogP contribution in [0.4, 0.5) is 0 Å². The van der Waals surface area contributed by atoms with Gasteiger partial charge in [0.2, 0.25) is 0 Å². The molecule has 18 heavy (non-hydrogen) atoms. The first-order chi connectivity index (χ1) is 8.62. The summed E-state index contributed by atoms with van der Waals surface area (Å²) in [5.74, 6) is -0.376. The molecule has 0 fully saturated rings. The summed E-state index contributed by atoms with van der Waals surface area (Å²) in [7, 11) is 0. The fraction of sp³-hybridized carbons (Fsp3) is 0.333. The molecule has 0 bridgehead atoms. The van der Waals surface area contributed by atoms with E-state index in [4.69, 9.17) is 4.74 Å². The molecule has 0 N–H and O–H groups in total. The highest BCUT2D eigenvalue weighted by atomic mass is 16.5. The monoisotopic (exact) mass is 246 g/mol. The Morgan fingerprint density at radius 1 is 1.33 bits per heavy atom. The summed E-state index contributed by atoms with van der Waals surface area (Å²) in [4.78, 5) is 22.4. The van der Waals surface area contributed by atoms with Crippen LogP contribution in [0.2, 0.25) is 0 Å². The fourth-order valence-electron chi connectivity index (χ4n) is 1.64. The first-order valence-corrected chi connectivity index (χ1v) is 5.97. The van der Waals surface area contributed by atoms with Gasteiger partial charge in [-0.1, -0.05) is 36.4 Å². The number of aldehydes is 1. The largest absolute Gasteiger partial charge is 0.463 e. The van der Waals surface area contributed by atoms with E-state index in [9.17, 15) is 9.59 Å². The zero-order valence-electron chi connectivity index (χ0n) is 10.8. The average Bonchev–Trinajstić information content (AvgIpc) is 2.40. The van der Waals surface area contributed by atoms with E-state index in [1.807, 2.05) is 37.3 Å². The standard InChI is InChI=1S/C15H18O3/c1-3-18-14(17)10-7-11-15(2,12-16)13-8-5-4-6-9-13/h4-10,12H,3,11H2,1-2H3/b10-7+. The lowest BCUT2D eigenvalue weighted by molar-refractivity contribution is -0.137. The van der Waals surface area contributed by atoms with Crippen molar-refractivity contribution >= 4 is 12.3 Å². The highest BCUT2D eigenvalue weighted by molar-refractivity contribution is 5.82. The summed E-state index contributed by atoms with van der Waals surface area (Å²) in [6.45, 7) is 3.96. The summed E-state index contributed by atoms with van der Waals surface area (Å²) >= 11 is 0. The van der Waals surface area contributed by atoms with Crippen LogP contribution in [0, 0.1) is 0 Å². The third-order valence-corrected chi connectivity index (χ3v) is 2.78. The molecular weight excluding hydrogens is 228 g/mol. The van der Waals surface area contributed by atoms with E-state index in [0.717, 1.165) is 11.8 Å². The van der Waals surface area contributed by atoms with E-state index in [-0.39, 0.29) is 5.97 Å². The van der Waals surface area contributed by atoms with Crippen LogP contribution < -0.4 is 0 Å². The maximum absolute atomic E-state index is 11.3. The van der Waals surface area contributed by atoms with Gasteiger partial charge in [0, 0.05) is 6.08 Å². The normalized spacial score (nSPS) is 14.1. The molecular formula is C15H18O3. The van der Waals surface area contributed by atoms with Crippen molar-refractivity contribution in [1.82, 2.24) is 0 Å². The number of esters is 1. The van der Waals surface area contributed by atoms with Crippen LogP contribution in [-0.2, 0) is 19.7 Å². The molecule has 1 unspecified atom stereocenters. The van der Waals surface area contributed by atoms with Crippen molar-refractivity contribution in [3.63, 3.8) is 0 Å². The number of allylic oxidation sites excluding steroid dienone is 1. The second-order valence-electron chi connectivity index (χ2n) is 4.26. The van der Waals surface area contributed by atoms with E-state index in [1.54, 1.807) is 13.0 Å². The lowest BCUT2D eigenvalue weighted by Gasteiger charge is -2.21. The van der Waals surface area contributed by atoms with Gasteiger partial charge in [-0.15, -0.1) is 0 Å². The third kappa shape index (κ3) is 3.84. The van der Waals surface area contributed by atoms with Crippen molar-refractivity contribution in [2.75, 3.05) is 6.61 Å². The zero-order chi connectivity index (χ0) is 13.4. The van der Waals surface area contributed by atoms with Crippen LogP contribution in [0.5, 0.6) is 0 Å². The number of ether oxygens (including phenoxy) is 1. The molecule has 0 heterocycles. The van der Waals surface area contributed by atoms with Crippen LogP contribution in [-0.4, -0.2) is 18.9 Å². The predicted octanol–water partition coefficient (Wildman–Crippen LogP) is 2.65. The van der Waals surface area contributed by atoms with Crippen molar-refractivity contribution in [2.45, 2.75) is 25.7 Å². The van der Waals surface area contributed by atoms with Gasteiger partial charge in [-0.25, -0.2) is 4.79 Å². The molecule has 0 spiro atoms. The Balaban J connectivity index is 2.73. The quantitative estimate of drug-likeness (QED) is 0.440. The molecule has 0 aliphatic carbocycles. The molecule has 0 amide bonds. The maximum atomic E-state index is 11.3. The summed E-state index contributed by atoms with van der Waals surface area (Å²) in [5, 5.41) is 0. The number of benzene rings is 1. The molecule has 0 aromatic heterocycles. The Labute approximate surface area is 107 Å². The summed E-state index contributed by atoms with van der Waals surface area (Å²) < 4.78 is 4.78. The lowest BCUT2D eigenvalue weighted by Crippen LogP contribution is -2.22. The SMILES string of the molecule is CCOC(=O)/C=C/CC(C)(C=O)c1ccccc1. The first-order valence-electron chi connectivity index (χ1n) is 5.97. The Morgan fingerprint density at radius 2 is 2.00 bits per heavy atom. The Bertz CT molecular complexity index is 423. The molecule has 1 atom stereocenters. The summed E-state index contributed by atoms with van der Waals surface area (Å²) in [5.41, 5.74) is 0.332. The van der Waals surface area contributed by atoms with Gasteiger partial charge in [0.25, 0.3) is 0 Å². The van der Waals surface area contributed by atoms with Crippen LogP contribution in [0.3, 0.4) is 0 Å². The summed E-state index contributed by atoms with van der Waals surface area (Å²) in [6, 6.07) is 9.51. The van der Waals surface area contributed by atoms with Crippen molar-refractivity contribution in [1.29, 1.82) is 0 Å². The maximum Gasteiger partial charge on any atom is 0.330 e. The highest BCUT2D eigenvalue weighted by Crippen LogP contribution is 2.25. The second kappa shape index (κ2) is 6.74. The molecule has 0 saturated heterocycles. The number of carbonyl (C=O) groups is 2. The predicted molar refractivity (Wildman–Crippen MR) is 70.2 cm³/mol. The molecule has 1 rings (SSSR count). The zero-order valence-corrected chi connectivity index (χ0v) is 10.8. The van der Waals surface area contributed by atoms with Crippen LogP contribution in [0.25, 0.3) is 0 Å². The van der Waals surface area contributed by atoms with Gasteiger partial charge >= 0.3 is 5.97 Å². The number of hydrogen-bond acceptors (Lipinski definition) is 3. The molecule has 3 heteroatoms. The van der Waals surface area contributed by atoms with Crippen molar-refractivity contribution in [3.8, 4) is 0 Å². The van der Waals surface area contributed by atoms with Crippen LogP contribution in [0.15, 0.2) is 42.5 Å². The average molecular weight is 246 g/mol. The minimum Gasteiger partial charge on any atom is -0.463 e. The molecule has 0 saturated carbocycles. The van der Waals surface area contributed by atoms with E-state index < -0.39 is 5.41 Å². The van der Waals surface area contributed by atoms with Crippen LogP contribution >= 0.6 is 0 Å². The topological polar surface area (TPSA) is 43.4 Å². The minimum atomic E-state index is -0.607. The van der Waals surface area contributed by atoms with Crippen LogP contribution in [0.1, 0.15) is 25.8 Å². The Morgan fingerprint density at radius 3 is 2.56 bits per heavy atom. The van der Waals surface area contributed by atoms with Gasteiger partial charge in [-0.3, -0.25) is 0 Å².